The van der Waals surface area contributed by atoms with E-state index in [4.69, 9.17) is 9.47 Å². The minimum absolute atomic E-state index is 0.00621. The van der Waals surface area contributed by atoms with Crippen LogP contribution in [-0.2, 0) is 19.1 Å². The zero-order chi connectivity index (χ0) is 37.0. The molecule has 2 unspecified atom stereocenters. The van der Waals surface area contributed by atoms with Crippen molar-refractivity contribution in [3.8, 4) is 0 Å². The van der Waals surface area contributed by atoms with E-state index in [1.54, 1.807) is 0 Å². The fourth-order valence-corrected chi connectivity index (χ4v) is 7.02. The van der Waals surface area contributed by atoms with Gasteiger partial charge in [0.25, 0.3) is 0 Å². The van der Waals surface area contributed by atoms with Gasteiger partial charge in [0.15, 0.2) is 0 Å². The molecule has 0 aliphatic heterocycles. The smallest absolute Gasteiger partial charge is 0.305 e. The number of carbonyl (C=O) groups excluding carboxylic acids is 2. The van der Waals surface area contributed by atoms with Crippen LogP contribution in [0.25, 0.3) is 0 Å². The molecule has 0 aromatic carbocycles. The Morgan fingerprint density at radius 3 is 1.31 bits per heavy atom. The van der Waals surface area contributed by atoms with Gasteiger partial charge in [0, 0.05) is 44.0 Å². The molecule has 0 N–H and O–H groups in total. The molecule has 296 valence electrons. The Balaban J connectivity index is 2.22. The van der Waals surface area contributed by atoms with Crippen molar-refractivity contribution >= 4 is 17.6 Å². The molecule has 0 saturated heterocycles. The van der Waals surface area contributed by atoms with E-state index in [0.29, 0.717) is 37.9 Å². The van der Waals surface area contributed by atoms with Crippen LogP contribution < -0.4 is 4.90 Å². The lowest BCUT2D eigenvalue weighted by Crippen LogP contribution is -2.25. The minimum atomic E-state index is -0.00621. The topological polar surface area (TPSA) is 68.7 Å². The number of pyridine rings is 1. The molecular formula is C45H82N2O4. The summed E-state index contributed by atoms with van der Waals surface area (Å²) in [5, 5.41) is 0. The molecule has 0 bridgehead atoms. The van der Waals surface area contributed by atoms with E-state index in [-0.39, 0.29) is 11.9 Å². The number of nitrogens with zero attached hydrogens (tertiary/aromatic N) is 2. The van der Waals surface area contributed by atoms with Crippen LogP contribution in [0, 0.1) is 11.8 Å². The van der Waals surface area contributed by atoms with E-state index in [2.05, 4.69) is 49.7 Å². The van der Waals surface area contributed by atoms with Crippen molar-refractivity contribution < 1.29 is 19.1 Å². The molecule has 1 rings (SSSR count). The highest BCUT2D eigenvalue weighted by molar-refractivity contribution is 5.69. The summed E-state index contributed by atoms with van der Waals surface area (Å²) in [6.07, 6.45) is 35.8. The van der Waals surface area contributed by atoms with Gasteiger partial charge in [-0.05, 0) is 75.3 Å². The molecule has 0 saturated carbocycles. The van der Waals surface area contributed by atoms with Gasteiger partial charge in [-0.2, -0.15) is 0 Å². The molecule has 0 fully saturated rings. The maximum atomic E-state index is 12.4. The largest absolute Gasteiger partial charge is 0.465 e. The summed E-state index contributed by atoms with van der Waals surface area (Å²) in [4.78, 5) is 31.6. The summed E-state index contributed by atoms with van der Waals surface area (Å²) < 4.78 is 11.4. The van der Waals surface area contributed by atoms with Crippen LogP contribution in [0.1, 0.15) is 207 Å². The summed E-state index contributed by atoms with van der Waals surface area (Å²) >= 11 is 0. The average molecular weight is 715 g/mol. The van der Waals surface area contributed by atoms with Crippen LogP contribution in [0.5, 0.6) is 0 Å². The highest BCUT2D eigenvalue weighted by Crippen LogP contribution is 2.21. The standard InChI is InChI=1S/C45H82N2O4/c1-5-9-13-21-29-41(27-11-7-3)39-50-44(48)31-23-17-15-19-25-37-47(43-33-35-46-36-34-43)38-26-20-16-18-24-32-45(49)51-40-42(28-12-8-4)30-22-14-10-6-2/h33-36,41-42H,5-32,37-40H2,1-4H3. The van der Waals surface area contributed by atoms with Gasteiger partial charge in [0.2, 0.25) is 0 Å². The van der Waals surface area contributed by atoms with Crippen LogP contribution in [0.2, 0.25) is 0 Å². The van der Waals surface area contributed by atoms with E-state index >= 15 is 0 Å². The van der Waals surface area contributed by atoms with Crippen molar-refractivity contribution in [3.63, 3.8) is 0 Å². The minimum Gasteiger partial charge on any atom is -0.465 e. The number of carbonyl (C=O) groups is 2. The monoisotopic (exact) mass is 715 g/mol. The van der Waals surface area contributed by atoms with Crippen LogP contribution in [0.15, 0.2) is 24.5 Å². The number of hydrogen-bond donors (Lipinski definition) is 0. The first-order chi connectivity index (χ1) is 25.0. The first-order valence-corrected chi connectivity index (χ1v) is 22.0. The predicted molar refractivity (Wildman–Crippen MR) is 217 cm³/mol. The second kappa shape index (κ2) is 34.9. The molecule has 1 aromatic rings. The summed E-state index contributed by atoms with van der Waals surface area (Å²) in [6.45, 7) is 12.3. The van der Waals surface area contributed by atoms with Crippen molar-refractivity contribution in [2.45, 2.75) is 207 Å². The lowest BCUT2D eigenvalue weighted by atomic mass is 9.96. The zero-order valence-electron chi connectivity index (χ0n) is 34.1. The summed E-state index contributed by atoms with van der Waals surface area (Å²) in [5.74, 6) is 1.06. The average Bonchev–Trinajstić information content (AvgIpc) is 3.15. The Hall–Kier alpha value is -2.11. The van der Waals surface area contributed by atoms with Gasteiger partial charge in [0.05, 0.1) is 13.2 Å². The first-order valence-electron chi connectivity index (χ1n) is 22.0. The number of anilines is 1. The molecule has 1 heterocycles. The van der Waals surface area contributed by atoms with Gasteiger partial charge in [-0.15, -0.1) is 0 Å². The van der Waals surface area contributed by atoms with Crippen LogP contribution in [-0.4, -0.2) is 43.2 Å². The number of ether oxygens (including phenoxy) is 2. The van der Waals surface area contributed by atoms with Crippen molar-refractivity contribution in [2.75, 3.05) is 31.2 Å². The number of hydrogen-bond acceptors (Lipinski definition) is 6. The first kappa shape index (κ1) is 46.9. The molecule has 1 aromatic heterocycles. The Kier molecular flexibility index (Phi) is 32.1. The second-order valence-corrected chi connectivity index (χ2v) is 15.3. The van der Waals surface area contributed by atoms with Gasteiger partial charge in [-0.25, -0.2) is 0 Å². The highest BCUT2D eigenvalue weighted by atomic mass is 16.5. The number of unbranched alkanes of at least 4 members (excludes halogenated alkanes) is 16. The number of rotatable bonds is 37. The third-order valence-corrected chi connectivity index (χ3v) is 10.5. The summed E-state index contributed by atoms with van der Waals surface area (Å²) in [5.41, 5.74) is 1.25. The van der Waals surface area contributed by atoms with E-state index in [9.17, 15) is 9.59 Å². The Labute approximate surface area is 316 Å². The SMILES string of the molecule is CCCCCCC(CCCC)COC(=O)CCCCCCCN(CCCCCCCC(=O)OCC(CCCC)CCCCCC)c1ccncc1. The third-order valence-electron chi connectivity index (χ3n) is 10.5. The van der Waals surface area contributed by atoms with Crippen molar-refractivity contribution in [2.24, 2.45) is 11.8 Å². The molecule has 0 radical (unpaired) electrons. The Bertz CT molecular complexity index is 857. The van der Waals surface area contributed by atoms with E-state index in [1.807, 2.05) is 12.4 Å². The van der Waals surface area contributed by atoms with E-state index in [0.717, 1.165) is 64.5 Å². The molecule has 0 aliphatic rings. The fraction of sp³-hybridized carbons (Fsp3) is 0.844. The lowest BCUT2D eigenvalue weighted by molar-refractivity contribution is -0.146. The van der Waals surface area contributed by atoms with Gasteiger partial charge < -0.3 is 14.4 Å². The lowest BCUT2D eigenvalue weighted by Gasteiger charge is -2.25. The fourth-order valence-electron chi connectivity index (χ4n) is 7.02. The van der Waals surface area contributed by atoms with Crippen molar-refractivity contribution in [3.05, 3.63) is 24.5 Å². The third kappa shape index (κ3) is 28.1. The number of esters is 2. The zero-order valence-corrected chi connectivity index (χ0v) is 34.1. The summed E-state index contributed by atoms with van der Waals surface area (Å²) in [7, 11) is 0. The molecule has 0 aliphatic carbocycles. The van der Waals surface area contributed by atoms with Crippen LogP contribution in [0.4, 0.5) is 5.69 Å². The highest BCUT2D eigenvalue weighted by Gasteiger charge is 2.14. The van der Waals surface area contributed by atoms with Gasteiger partial charge in [-0.3, -0.25) is 14.6 Å². The van der Waals surface area contributed by atoms with E-state index < -0.39 is 0 Å². The summed E-state index contributed by atoms with van der Waals surface area (Å²) in [6, 6.07) is 4.24. The maximum absolute atomic E-state index is 12.4. The van der Waals surface area contributed by atoms with Gasteiger partial charge in [-0.1, -0.05) is 143 Å². The number of aromatic nitrogens is 1. The molecule has 51 heavy (non-hydrogen) atoms. The van der Waals surface area contributed by atoms with Crippen molar-refractivity contribution in [1.29, 1.82) is 0 Å². The molecule has 0 spiro atoms. The van der Waals surface area contributed by atoms with E-state index in [1.165, 1.54) is 121 Å². The van der Waals surface area contributed by atoms with Gasteiger partial charge in [0.1, 0.15) is 0 Å². The van der Waals surface area contributed by atoms with Crippen LogP contribution in [0.3, 0.4) is 0 Å². The molecule has 0 amide bonds. The van der Waals surface area contributed by atoms with Crippen LogP contribution >= 0.6 is 0 Å². The van der Waals surface area contributed by atoms with Crippen molar-refractivity contribution in [1.82, 2.24) is 4.98 Å². The molecule has 6 nitrogen and oxygen atoms in total. The second-order valence-electron chi connectivity index (χ2n) is 15.3. The Morgan fingerprint density at radius 2 is 0.882 bits per heavy atom. The predicted octanol–water partition coefficient (Wildman–Crippen LogP) is 13.2. The molecule has 6 heteroatoms. The molecule has 2 atom stereocenters. The quantitative estimate of drug-likeness (QED) is 0.0505. The Morgan fingerprint density at radius 1 is 0.510 bits per heavy atom. The normalized spacial score (nSPS) is 12.5. The maximum Gasteiger partial charge on any atom is 0.305 e. The molecular weight excluding hydrogens is 633 g/mol. The van der Waals surface area contributed by atoms with Gasteiger partial charge >= 0.3 is 11.9 Å².